The molecule has 184 valence electrons. The van der Waals surface area contributed by atoms with E-state index in [1.165, 1.54) is 0 Å². The van der Waals surface area contributed by atoms with Crippen molar-refractivity contribution in [3.8, 4) is 17.3 Å². The molecule has 0 bridgehead atoms. The number of morpholine rings is 1. The number of nitriles is 1. The molecule has 0 spiro atoms. The van der Waals surface area contributed by atoms with Gasteiger partial charge in [-0.2, -0.15) is 5.26 Å². The smallest absolute Gasteiger partial charge is 0.340 e. The summed E-state index contributed by atoms with van der Waals surface area (Å²) in [6.45, 7) is 8.91. The van der Waals surface area contributed by atoms with Crippen LogP contribution in [0.3, 0.4) is 0 Å². The Bertz CT molecular complexity index is 1260. The summed E-state index contributed by atoms with van der Waals surface area (Å²) in [5.41, 5.74) is 5.22. The molecule has 3 aromatic rings. The molecule has 0 amide bonds. The van der Waals surface area contributed by atoms with Crippen LogP contribution in [-0.4, -0.2) is 55.4 Å². The van der Waals surface area contributed by atoms with E-state index in [4.69, 9.17) is 14.7 Å². The zero-order valence-corrected chi connectivity index (χ0v) is 20.2. The number of ether oxygens (including phenoxy) is 2. The van der Waals surface area contributed by atoms with Gasteiger partial charge in [0.2, 0.25) is 5.95 Å². The van der Waals surface area contributed by atoms with Crippen LogP contribution in [0.5, 0.6) is 0 Å². The second-order valence-corrected chi connectivity index (χ2v) is 8.01. The van der Waals surface area contributed by atoms with Crippen molar-refractivity contribution in [2.45, 2.75) is 6.92 Å². The molecule has 1 aliphatic rings. The second-order valence-electron chi connectivity index (χ2n) is 8.01. The number of hydrogen-bond donors (Lipinski definition) is 2. The third-order valence-corrected chi connectivity index (χ3v) is 5.67. The summed E-state index contributed by atoms with van der Waals surface area (Å²) < 4.78 is 10.8. The third-order valence-electron chi connectivity index (χ3n) is 5.67. The van der Waals surface area contributed by atoms with E-state index in [-0.39, 0.29) is 12.5 Å². The highest BCUT2D eigenvalue weighted by Gasteiger charge is 2.20. The van der Waals surface area contributed by atoms with Gasteiger partial charge in [-0.05, 0) is 36.8 Å². The molecule has 0 radical (unpaired) electrons. The molecule has 1 aliphatic heterocycles. The first-order chi connectivity index (χ1) is 17.6. The molecule has 2 heterocycles. The summed E-state index contributed by atoms with van der Waals surface area (Å²) in [5.74, 6) is 0.0360. The maximum absolute atomic E-state index is 12.7. The number of esters is 1. The van der Waals surface area contributed by atoms with Crippen LogP contribution in [0.25, 0.3) is 17.0 Å². The highest BCUT2D eigenvalue weighted by atomic mass is 16.5. The lowest BCUT2D eigenvalue weighted by Gasteiger charge is -2.30. The number of nitrogens with one attached hydrogen (secondary N) is 2. The lowest BCUT2D eigenvalue weighted by Crippen LogP contribution is -2.37. The van der Waals surface area contributed by atoms with Crippen molar-refractivity contribution in [1.82, 2.24) is 15.3 Å². The van der Waals surface area contributed by atoms with Gasteiger partial charge in [0.05, 0.1) is 42.8 Å². The molecule has 36 heavy (non-hydrogen) atoms. The van der Waals surface area contributed by atoms with E-state index in [0.29, 0.717) is 55.8 Å². The minimum atomic E-state index is -0.372. The summed E-state index contributed by atoms with van der Waals surface area (Å²) in [6, 6.07) is 17.2. The number of hydrogen-bond acceptors (Lipinski definition) is 9. The van der Waals surface area contributed by atoms with Gasteiger partial charge in [-0.3, -0.25) is 0 Å². The Labute approximate surface area is 210 Å². The van der Waals surface area contributed by atoms with Gasteiger partial charge >= 0.3 is 5.97 Å². The lowest BCUT2D eigenvalue weighted by atomic mass is 10.1. The number of carbonyl (C=O) groups excluding carboxylic acids is 1. The van der Waals surface area contributed by atoms with Gasteiger partial charge in [0, 0.05) is 36.2 Å². The van der Waals surface area contributed by atoms with Crippen LogP contribution in [0.4, 0.5) is 17.3 Å². The SMILES string of the molecule is C=C(NCC#N)c1ccc(-c2ccnc(Nc3ccc(N4CCOCC4)c(C(=O)OCC)c3)n2)cc1. The number of aromatic nitrogens is 2. The fourth-order valence-corrected chi connectivity index (χ4v) is 3.87. The fraction of sp³-hybridized carbons (Fsp3) is 0.259. The van der Waals surface area contributed by atoms with Crippen molar-refractivity contribution in [3.63, 3.8) is 0 Å². The standard InChI is InChI=1S/C27H28N6O3/c1-3-36-26(34)23-18-22(8-9-25(23)33-14-16-35-17-15-33)31-27-30-12-10-24(32-27)21-6-4-20(5-7-21)19(2)29-13-11-28/h4-10,12,18,29H,2-3,13-17H2,1H3,(H,30,31,32). The molecular weight excluding hydrogens is 456 g/mol. The van der Waals surface area contributed by atoms with Crippen molar-refractivity contribution in [3.05, 3.63) is 72.4 Å². The average Bonchev–Trinajstić information content (AvgIpc) is 2.92. The van der Waals surface area contributed by atoms with Crippen molar-refractivity contribution >= 4 is 29.0 Å². The minimum Gasteiger partial charge on any atom is -0.462 e. The highest BCUT2D eigenvalue weighted by Crippen LogP contribution is 2.28. The Balaban J connectivity index is 1.54. The van der Waals surface area contributed by atoms with Crippen molar-refractivity contribution in [2.75, 3.05) is 49.7 Å². The normalized spacial score (nSPS) is 12.9. The largest absolute Gasteiger partial charge is 0.462 e. The second kappa shape index (κ2) is 11.8. The summed E-state index contributed by atoms with van der Waals surface area (Å²) in [7, 11) is 0. The Morgan fingerprint density at radius 3 is 2.69 bits per heavy atom. The van der Waals surface area contributed by atoms with Gasteiger partial charge in [-0.25, -0.2) is 14.8 Å². The minimum absolute atomic E-state index is 0.201. The lowest BCUT2D eigenvalue weighted by molar-refractivity contribution is 0.0526. The monoisotopic (exact) mass is 484 g/mol. The summed E-state index contributed by atoms with van der Waals surface area (Å²) in [4.78, 5) is 23.8. The molecular formula is C27H28N6O3. The third kappa shape index (κ3) is 5.98. The van der Waals surface area contributed by atoms with Crippen LogP contribution in [0.1, 0.15) is 22.8 Å². The fourth-order valence-electron chi connectivity index (χ4n) is 3.87. The number of benzene rings is 2. The van der Waals surface area contributed by atoms with Crippen molar-refractivity contribution in [1.29, 1.82) is 5.26 Å². The van der Waals surface area contributed by atoms with Crippen LogP contribution in [0.2, 0.25) is 0 Å². The number of rotatable bonds is 9. The van der Waals surface area contributed by atoms with E-state index in [0.717, 1.165) is 22.5 Å². The van der Waals surface area contributed by atoms with Gasteiger partial charge in [0.25, 0.3) is 0 Å². The summed E-state index contributed by atoms with van der Waals surface area (Å²) in [5, 5.41) is 14.9. The van der Waals surface area contributed by atoms with Crippen molar-refractivity contribution < 1.29 is 14.3 Å². The predicted molar refractivity (Wildman–Crippen MR) is 139 cm³/mol. The Hall–Kier alpha value is -4.42. The number of nitrogens with zero attached hydrogens (tertiary/aromatic N) is 4. The van der Waals surface area contributed by atoms with E-state index >= 15 is 0 Å². The van der Waals surface area contributed by atoms with Gasteiger partial charge in [0.1, 0.15) is 6.54 Å². The van der Waals surface area contributed by atoms with Gasteiger partial charge in [-0.15, -0.1) is 0 Å². The molecule has 1 fully saturated rings. The molecule has 2 N–H and O–H groups in total. The Morgan fingerprint density at radius 1 is 1.19 bits per heavy atom. The van der Waals surface area contributed by atoms with Gasteiger partial charge in [0.15, 0.2) is 0 Å². The van der Waals surface area contributed by atoms with E-state index < -0.39 is 0 Å². The van der Waals surface area contributed by atoms with Gasteiger partial charge in [-0.1, -0.05) is 30.8 Å². The predicted octanol–water partition coefficient (Wildman–Crippen LogP) is 3.98. The van der Waals surface area contributed by atoms with Gasteiger partial charge < -0.3 is 25.0 Å². The Kier molecular flexibility index (Phi) is 8.11. The van der Waals surface area contributed by atoms with E-state index in [1.54, 1.807) is 19.2 Å². The zero-order valence-electron chi connectivity index (χ0n) is 20.2. The molecule has 9 nitrogen and oxygen atoms in total. The molecule has 0 aliphatic carbocycles. The maximum Gasteiger partial charge on any atom is 0.340 e. The average molecular weight is 485 g/mol. The first kappa shape index (κ1) is 24.7. The molecule has 0 unspecified atom stereocenters. The van der Waals surface area contributed by atoms with Crippen LogP contribution in [0, 0.1) is 11.3 Å². The molecule has 1 saturated heterocycles. The molecule has 2 aromatic carbocycles. The molecule has 9 heteroatoms. The molecule has 1 aromatic heterocycles. The summed E-state index contributed by atoms with van der Waals surface area (Å²) in [6.07, 6.45) is 1.68. The van der Waals surface area contributed by atoms with E-state index in [9.17, 15) is 4.79 Å². The molecule has 0 saturated carbocycles. The molecule has 0 atom stereocenters. The van der Waals surface area contributed by atoms with Crippen LogP contribution < -0.4 is 15.5 Å². The number of anilines is 3. The first-order valence-corrected chi connectivity index (χ1v) is 11.7. The van der Waals surface area contributed by atoms with Crippen LogP contribution >= 0.6 is 0 Å². The maximum atomic E-state index is 12.7. The zero-order chi connectivity index (χ0) is 25.3. The Morgan fingerprint density at radius 2 is 1.97 bits per heavy atom. The highest BCUT2D eigenvalue weighted by molar-refractivity contribution is 5.97. The topological polar surface area (TPSA) is 112 Å². The summed E-state index contributed by atoms with van der Waals surface area (Å²) >= 11 is 0. The van der Waals surface area contributed by atoms with E-state index in [2.05, 4.69) is 32.1 Å². The molecule has 4 rings (SSSR count). The van der Waals surface area contributed by atoms with Crippen molar-refractivity contribution in [2.24, 2.45) is 0 Å². The van der Waals surface area contributed by atoms with Crippen LogP contribution in [-0.2, 0) is 9.47 Å². The first-order valence-electron chi connectivity index (χ1n) is 11.7. The van der Waals surface area contributed by atoms with E-state index in [1.807, 2.05) is 48.5 Å². The quantitative estimate of drug-likeness (QED) is 0.344. The number of carbonyl (C=O) groups is 1. The van der Waals surface area contributed by atoms with Crippen LogP contribution in [0.15, 0.2) is 61.3 Å².